The Hall–Kier alpha value is -1.33. The van der Waals surface area contributed by atoms with Gasteiger partial charge in [0.25, 0.3) is 5.22 Å². The Bertz CT molecular complexity index is 486. The summed E-state index contributed by atoms with van der Waals surface area (Å²) in [6.07, 6.45) is 3.35. The zero-order valence-corrected chi connectivity index (χ0v) is 9.83. The van der Waals surface area contributed by atoms with E-state index in [1.54, 1.807) is 12.4 Å². The summed E-state index contributed by atoms with van der Waals surface area (Å²) in [5.41, 5.74) is 0.846. The Labute approximate surface area is 102 Å². The molecule has 2 heterocycles. The zero-order valence-electron chi connectivity index (χ0n) is 8.26. The van der Waals surface area contributed by atoms with Crippen molar-refractivity contribution >= 4 is 23.4 Å². The predicted molar refractivity (Wildman–Crippen MR) is 63.2 cm³/mol. The van der Waals surface area contributed by atoms with Gasteiger partial charge in [-0.15, -0.1) is 10.2 Å². The lowest BCUT2D eigenvalue weighted by Gasteiger charge is -1.92. The van der Waals surface area contributed by atoms with Gasteiger partial charge in [0, 0.05) is 28.7 Å². The first-order valence-electron chi connectivity index (χ1n) is 4.45. The third-order valence-electron chi connectivity index (χ3n) is 1.69. The van der Waals surface area contributed by atoms with Gasteiger partial charge in [-0.25, -0.2) is 0 Å². The Kier molecular flexibility index (Phi) is 3.58. The minimum absolute atomic E-state index is 0.477. The van der Waals surface area contributed by atoms with Crippen molar-refractivity contribution in [1.29, 1.82) is 0 Å². The Balaban J connectivity index is 2.11. The second-order valence-corrected chi connectivity index (χ2v) is 4.38. The molecule has 16 heavy (non-hydrogen) atoms. The highest BCUT2D eigenvalue weighted by Gasteiger charge is 2.08. The van der Waals surface area contributed by atoms with E-state index in [2.05, 4.69) is 21.8 Å². The van der Waals surface area contributed by atoms with E-state index in [-0.39, 0.29) is 0 Å². The molecule has 0 aliphatic carbocycles. The summed E-state index contributed by atoms with van der Waals surface area (Å²) in [6.45, 7) is 3.58. The van der Waals surface area contributed by atoms with Crippen molar-refractivity contribution in [3.63, 3.8) is 0 Å². The first-order valence-corrected chi connectivity index (χ1v) is 5.82. The second kappa shape index (κ2) is 5.14. The van der Waals surface area contributed by atoms with Crippen LogP contribution >= 0.6 is 23.4 Å². The molecular formula is C10H8ClN3OS. The van der Waals surface area contributed by atoms with E-state index in [1.165, 1.54) is 11.8 Å². The molecule has 82 valence electrons. The molecule has 2 aromatic heterocycles. The van der Waals surface area contributed by atoms with Crippen LogP contribution in [0.5, 0.6) is 0 Å². The number of pyridine rings is 1. The van der Waals surface area contributed by atoms with Crippen LogP contribution in [0, 0.1) is 0 Å². The minimum Gasteiger partial charge on any atom is -0.411 e. The van der Waals surface area contributed by atoms with Crippen LogP contribution in [-0.2, 0) is 0 Å². The van der Waals surface area contributed by atoms with Gasteiger partial charge >= 0.3 is 0 Å². The molecule has 0 N–H and O–H groups in total. The maximum Gasteiger partial charge on any atom is 0.277 e. The summed E-state index contributed by atoms with van der Waals surface area (Å²) in [6, 6.07) is 3.62. The van der Waals surface area contributed by atoms with Gasteiger partial charge in [-0.1, -0.05) is 29.9 Å². The number of hydrogen-bond acceptors (Lipinski definition) is 5. The van der Waals surface area contributed by atoms with Crippen LogP contribution in [-0.4, -0.2) is 20.9 Å². The number of nitrogens with zero attached hydrogens (tertiary/aromatic N) is 3. The highest BCUT2D eigenvalue weighted by molar-refractivity contribution is 7.99. The normalized spacial score (nSPS) is 10.3. The van der Waals surface area contributed by atoms with Gasteiger partial charge < -0.3 is 4.42 Å². The average molecular weight is 254 g/mol. The van der Waals surface area contributed by atoms with Gasteiger partial charge in [0.05, 0.1) is 0 Å². The molecule has 0 amide bonds. The predicted octanol–water partition coefficient (Wildman–Crippen LogP) is 2.98. The summed E-state index contributed by atoms with van der Waals surface area (Å²) in [5, 5.41) is 8.85. The third-order valence-corrected chi connectivity index (χ3v) is 2.88. The Morgan fingerprint density at radius 1 is 1.38 bits per heavy atom. The van der Waals surface area contributed by atoms with Crippen molar-refractivity contribution in [3.05, 3.63) is 36.1 Å². The monoisotopic (exact) mass is 253 g/mol. The van der Waals surface area contributed by atoms with E-state index in [4.69, 9.17) is 16.0 Å². The van der Waals surface area contributed by atoms with Gasteiger partial charge in [-0.3, -0.25) is 4.98 Å². The first-order chi connectivity index (χ1) is 7.75. The molecule has 0 saturated heterocycles. The van der Waals surface area contributed by atoms with E-state index in [1.807, 2.05) is 12.1 Å². The molecule has 0 fully saturated rings. The highest BCUT2D eigenvalue weighted by atomic mass is 35.5. The Morgan fingerprint density at radius 3 is 2.81 bits per heavy atom. The summed E-state index contributed by atoms with van der Waals surface area (Å²) < 4.78 is 5.43. The lowest BCUT2D eigenvalue weighted by Crippen LogP contribution is -1.77. The standard InChI is InChI=1S/C10H8ClN3OS/c1-7(11)6-16-10-14-13-9(15-10)8-2-4-12-5-3-8/h2-5H,1,6H2. The van der Waals surface area contributed by atoms with E-state index < -0.39 is 0 Å². The van der Waals surface area contributed by atoms with Gasteiger partial charge in [0.1, 0.15) is 0 Å². The van der Waals surface area contributed by atoms with E-state index in [0.29, 0.717) is 21.9 Å². The molecule has 0 atom stereocenters. The topological polar surface area (TPSA) is 51.8 Å². The SMILES string of the molecule is C=C(Cl)CSc1nnc(-c2ccncc2)o1. The summed E-state index contributed by atoms with van der Waals surface area (Å²) in [5.74, 6) is 1.03. The number of hydrogen-bond donors (Lipinski definition) is 0. The van der Waals surface area contributed by atoms with Crippen LogP contribution < -0.4 is 0 Å². The third kappa shape index (κ3) is 2.84. The molecule has 0 aliphatic heterocycles. The van der Waals surface area contributed by atoms with Gasteiger partial charge in [0.15, 0.2) is 0 Å². The van der Waals surface area contributed by atoms with Gasteiger partial charge in [-0.05, 0) is 12.1 Å². The summed E-state index contributed by atoms with van der Waals surface area (Å²) >= 11 is 6.99. The number of thioether (sulfide) groups is 1. The maximum absolute atomic E-state index is 5.64. The molecule has 0 radical (unpaired) electrons. The smallest absolute Gasteiger partial charge is 0.277 e. The minimum atomic E-state index is 0.477. The zero-order chi connectivity index (χ0) is 11.4. The molecule has 0 aliphatic rings. The van der Waals surface area contributed by atoms with Crippen molar-refractivity contribution < 1.29 is 4.42 Å². The fraction of sp³-hybridized carbons (Fsp3) is 0.100. The lowest BCUT2D eigenvalue weighted by atomic mass is 10.3. The van der Waals surface area contributed by atoms with Crippen molar-refractivity contribution in [1.82, 2.24) is 15.2 Å². The van der Waals surface area contributed by atoms with E-state index in [0.717, 1.165) is 5.56 Å². The van der Waals surface area contributed by atoms with Crippen LogP contribution in [0.3, 0.4) is 0 Å². The molecule has 0 spiro atoms. The average Bonchev–Trinajstić information content (AvgIpc) is 2.76. The Morgan fingerprint density at radius 2 is 2.12 bits per heavy atom. The fourth-order valence-corrected chi connectivity index (χ4v) is 1.70. The molecule has 6 heteroatoms. The number of rotatable bonds is 4. The van der Waals surface area contributed by atoms with Gasteiger partial charge in [-0.2, -0.15) is 0 Å². The van der Waals surface area contributed by atoms with Gasteiger partial charge in [0.2, 0.25) is 5.89 Å². The molecular weight excluding hydrogens is 246 g/mol. The van der Waals surface area contributed by atoms with Crippen LogP contribution in [0.1, 0.15) is 0 Å². The largest absolute Gasteiger partial charge is 0.411 e. The summed E-state index contributed by atoms with van der Waals surface area (Å²) in [7, 11) is 0. The van der Waals surface area contributed by atoms with Crippen LogP contribution in [0.4, 0.5) is 0 Å². The molecule has 0 unspecified atom stereocenters. The van der Waals surface area contributed by atoms with Crippen molar-refractivity contribution in [2.24, 2.45) is 0 Å². The van der Waals surface area contributed by atoms with Crippen LogP contribution in [0.25, 0.3) is 11.5 Å². The molecule has 0 bridgehead atoms. The van der Waals surface area contributed by atoms with Crippen LogP contribution in [0.2, 0.25) is 0 Å². The molecule has 2 aromatic rings. The first kappa shape index (κ1) is 11.2. The maximum atomic E-state index is 5.64. The number of halogens is 1. The molecule has 4 nitrogen and oxygen atoms in total. The van der Waals surface area contributed by atoms with Crippen LogP contribution in [0.15, 0.2) is 45.8 Å². The quantitative estimate of drug-likeness (QED) is 0.784. The molecule has 2 rings (SSSR count). The summed E-state index contributed by atoms with van der Waals surface area (Å²) in [4.78, 5) is 3.91. The van der Waals surface area contributed by atoms with E-state index in [9.17, 15) is 0 Å². The lowest BCUT2D eigenvalue weighted by molar-refractivity contribution is 0.466. The van der Waals surface area contributed by atoms with Crippen molar-refractivity contribution in [3.8, 4) is 11.5 Å². The van der Waals surface area contributed by atoms with Crippen molar-refractivity contribution in [2.75, 3.05) is 5.75 Å². The number of aromatic nitrogens is 3. The molecule has 0 saturated carbocycles. The van der Waals surface area contributed by atoms with E-state index >= 15 is 0 Å². The molecule has 0 aromatic carbocycles. The fourth-order valence-electron chi connectivity index (χ4n) is 1.02. The second-order valence-electron chi connectivity index (χ2n) is 2.91. The highest BCUT2D eigenvalue weighted by Crippen LogP contribution is 2.24. The van der Waals surface area contributed by atoms with Crippen molar-refractivity contribution in [2.45, 2.75) is 5.22 Å².